The number of hydrogen-bond donors (Lipinski definition) is 1. The van der Waals surface area contributed by atoms with Gasteiger partial charge in [0.15, 0.2) is 5.82 Å². The van der Waals surface area contributed by atoms with Gasteiger partial charge in [-0.25, -0.2) is 4.68 Å². The maximum absolute atomic E-state index is 13.4. The number of tetrazole rings is 1. The molecule has 33 heavy (non-hydrogen) atoms. The maximum atomic E-state index is 13.4. The van der Waals surface area contributed by atoms with Gasteiger partial charge in [0, 0.05) is 29.9 Å². The van der Waals surface area contributed by atoms with Gasteiger partial charge in [-0.05, 0) is 71.8 Å². The number of pyridine rings is 1. The van der Waals surface area contributed by atoms with Crippen molar-refractivity contribution in [3.8, 4) is 0 Å². The summed E-state index contributed by atoms with van der Waals surface area (Å²) in [5, 5.41) is 13.8. The smallest absolute Gasteiger partial charge is 0.254 e. The molecule has 2 aromatic heterocycles. The number of fused-ring (bicyclic) bond motifs is 2. The fraction of sp³-hybridized carbons (Fsp3) is 0.360. The van der Waals surface area contributed by atoms with E-state index in [4.69, 9.17) is 4.74 Å². The van der Waals surface area contributed by atoms with E-state index in [9.17, 15) is 4.79 Å². The molecule has 2 atom stereocenters. The molecule has 6 rings (SSSR count). The van der Waals surface area contributed by atoms with E-state index in [-0.39, 0.29) is 11.7 Å². The zero-order valence-corrected chi connectivity index (χ0v) is 18.6. The molecule has 0 saturated carbocycles. The molecule has 0 bridgehead atoms. The molecule has 2 aliphatic heterocycles. The zero-order chi connectivity index (χ0) is 22.4. The van der Waals surface area contributed by atoms with Gasteiger partial charge < -0.3 is 14.6 Å². The Kier molecular flexibility index (Phi) is 4.95. The molecule has 0 unspecified atom stereocenters. The second kappa shape index (κ2) is 8.12. The van der Waals surface area contributed by atoms with Gasteiger partial charge in [0.25, 0.3) is 5.56 Å². The molecule has 1 saturated heterocycles. The number of anilines is 1. The lowest BCUT2D eigenvalue weighted by Gasteiger charge is -2.29. The summed E-state index contributed by atoms with van der Waals surface area (Å²) < 4.78 is 7.67. The monoisotopic (exact) mass is 442 g/mol. The van der Waals surface area contributed by atoms with Crippen molar-refractivity contribution in [2.75, 3.05) is 18.1 Å². The van der Waals surface area contributed by atoms with Crippen LogP contribution >= 0.6 is 0 Å². The van der Waals surface area contributed by atoms with Gasteiger partial charge in [-0.3, -0.25) is 4.79 Å². The predicted molar refractivity (Wildman–Crippen MR) is 125 cm³/mol. The van der Waals surface area contributed by atoms with Gasteiger partial charge in [0.05, 0.1) is 12.6 Å². The average molecular weight is 443 g/mol. The van der Waals surface area contributed by atoms with Gasteiger partial charge >= 0.3 is 0 Å². The first-order valence-corrected chi connectivity index (χ1v) is 11.5. The Bertz CT molecular complexity index is 1370. The molecule has 0 radical (unpaired) electrons. The van der Waals surface area contributed by atoms with Gasteiger partial charge in [0.2, 0.25) is 0 Å². The van der Waals surface area contributed by atoms with Crippen molar-refractivity contribution in [3.05, 3.63) is 81.4 Å². The molecule has 0 amide bonds. The van der Waals surface area contributed by atoms with Crippen molar-refractivity contribution >= 4 is 16.6 Å². The summed E-state index contributed by atoms with van der Waals surface area (Å²) in [5.74, 6) is 0.666. The fourth-order valence-corrected chi connectivity index (χ4v) is 5.14. The number of rotatable bonds is 5. The summed E-state index contributed by atoms with van der Waals surface area (Å²) in [7, 11) is 0. The lowest BCUT2D eigenvalue weighted by atomic mass is 10.0. The molecule has 8 nitrogen and oxygen atoms in total. The van der Waals surface area contributed by atoms with E-state index in [0.717, 1.165) is 54.6 Å². The molecule has 1 fully saturated rings. The number of benzene rings is 2. The molecular weight excluding hydrogens is 416 g/mol. The molecule has 168 valence electrons. The number of aromatic nitrogens is 5. The number of nitrogens with one attached hydrogen (secondary N) is 1. The first kappa shape index (κ1) is 20.1. The third-order valence-corrected chi connectivity index (χ3v) is 6.76. The summed E-state index contributed by atoms with van der Waals surface area (Å²) in [6.45, 7) is 4.20. The Morgan fingerprint density at radius 1 is 1.21 bits per heavy atom. The minimum absolute atomic E-state index is 0.0938. The highest BCUT2D eigenvalue weighted by Crippen LogP contribution is 2.37. The standard InChI is InChI=1S/C25H26N6O2/c1-16-8-9-21-18(13-16)14-20(25(32)26-21)23(30-11-10-17-5-2-3-7-22(17)30)24-27-28-29-31(24)15-19-6-4-12-33-19/h2-3,5,7-9,13-14,19,23H,4,6,10-12,15H2,1H3,(H,26,32)/t19-,23+/m0/s1. The third kappa shape index (κ3) is 3.60. The van der Waals surface area contributed by atoms with Crippen LogP contribution < -0.4 is 10.5 Å². The van der Waals surface area contributed by atoms with Crippen molar-refractivity contribution in [3.63, 3.8) is 0 Å². The van der Waals surface area contributed by atoms with E-state index < -0.39 is 6.04 Å². The summed E-state index contributed by atoms with van der Waals surface area (Å²) in [6.07, 6.45) is 3.06. The normalized spacial score (nSPS) is 18.7. The molecule has 0 spiro atoms. The van der Waals surface area contributed by atoms with E-state index in [2.05, 4.69) is 56.6 Å². The Balaban J connectivity index is 1.51. The Labute approximate surface area is 191 Å². The van der Waals surface area contributed by atoms with E-state index in [1.807, 2.05) is 28.9 Å². The van der Waals surface area contributed by atoms with Crippen LogP contribution in [-0.4, -0.2) is 44.4 Å². The minimum Gasteiger partial charge on any atom is -0.376 e. The molecule has 0 aliphatic carbocycles. The molecule has 1 N–H and O–H groups in total. The zero-order valence-electron chi connectivity index (χ0n) is 18.6. The second-order valence-corrected chi connectivity index (χ2v) is 8.97. The maximum Gasteiger partial charge on any atom is 0.254 e. The van der Waals surface area contributed by atoms with Crippen molar-refractivity contribution in [2.45, 2.75) is 44.9 Å². The van der Waals surface area contributed by atoms with Gasteiger partial charge in [-0.2, -0.15) is 0 Å². The summed E-state index contributed by atoms with van der Waals surface area (Å²) >= 11 is 0. The molecule has 4 aromatic rings. The molecule has 8 heteroatoms. The van der Waals surface area contributed by atoms with Gasteiger partial charge in [0.1, 0.15) is 6.04 Å². The van der Waals surface area contributed by atoms with Crippen LogP contribution in [0.5, 0.6) is 0 Å². The number of aryl methyl sites for hydroxylation is 1. The van der Waals surface area contributed by atoms with Crippen molar-refractivity contribution in [2.24, 2.45) is 0 Å². The van der Waals surface area contributed by atoms with E-state index >= 15 is 0 Å². The van der Waals surface area contributed by atoms with Crippen LogP contribution in [0.25, 0.3) is 10.9 Å². The first-order valence-electron chi connectivity index (χ1n) is 11.5. The topological polar surface area (TPSA) is 88.9 Å². The van der Waals surface area contributed by atoms with Crippen LogP contribution in [0.2, 0.25) is 0 Å². The third-order valence-electron chi connectivity index (χ3n) is 6.76. The van der Waals surface area contributed by atoms with E-state index in [1.54, 1.807) is 0 Å². The summed E-state index contributed by atoms with van der Waals surface area (Å²) in [5.41, 5.74) is 4.90. The Morgan fingerprint density at radius 3 is 3.00 bits per heavy atom. The quantitative estimate of drug-likeness (QED) is 0.511. The predicted octanol–water partition coefficient (Wildman–Crippen LogP) is 3.15. The van der Waals surface area contributed by atoms with Crippen LogP contribution in [0.4, 0.5) is 5.69 Å². The number of nitrogens with zero attached hydrogens (tertiary/aromatic N) is 5. The summed E-state index contributed by atoms with van der Waals surface area (Å²) in [6, 6.07) is 16.0. The van der Waals surface area contributed by atoms with Crippen molar-refractivity contribution in [1.82, 2.24) is 25.2 Å². The van der Waals surface area contributed by atoms with Crippen LogP contribution in [0.1, 0.15) is 41.4 Å². The lowest BCUT2D eigenvalue weighted by Crippen LogP contribution is -2.35. The van der Waals surface area contributed by atoms with E-state index in [0.29, 0.717) is 17.9 Å². The number of aromatic amines is 1. The average Bonchev–Trinajstić information content (AvgIpc) is 3.58. The molecular formula is C25H26N6O2. The highest BCUT2D eigenvalue weighted by Gasteiger charge is 2.34. The number of hydrogen-bond acceptors (Lipinski definition) is 6. The van der Waals surface area contributed by atoms with Crippen LogP contribution in [0.15, 0.2) is 53.3 Å². The number of para-hydroxylation sites is 1. The van der Waals surface area contributed by atoms with Crippen molar-refractivity contribution in [1.29, 1.82) is 0 Å². The van der Waals surface area contributed by atoms with Crippen LogP contribution in [0, 0.1) is 6.92 Å². The molecule has 2 aromatic carbocycles. The number of ether oxygens (including phenoxy) is 1. The molecule has 2 aliphatic rings. The Morgan fingerprint density at radius 2 is 2.12 bits per heavy atom. The molecule has 4 heterocycles. The van der Waals surface area contributed by atoms with Gasteiger partial charge in [-0.1, -0.05) is 29.8 Å². The van der Waals surface area contributed by atoms with E-state index in [1.165, 1.54) is 5.56 Å². The fourth-order valence-electron chi connectivity index (χ4n) is 5.14. The largest absolute Gasteiger partial charge is 0.376 e. The summed E-state index contributed by atoms with van der Waals surface area (Å²) in [4.78, 5) is 18.7. The minimum atomic E-state index is -0.404. The highest BCUT2D eigenvalue weighted by atomic mass is 16.5. The number of H-pyrrole nitrogens is 1. The SMILES string of the molecule is Cc1ccc2[nH]c(=O)c([C@H](c3nnnn3C[C@@H]3CCCO3)N3CCc4ccccc43)cc2c1. The van der Waals surface area contributed by atoms with Crippen LogP contribution in [-0.2, 0) is 17.7 Å². The first-order chi connectivity index (χ1) is 16.2. The van der Waals surface area contributed by atoms with Crippen LogP contribution in [0.3, 0.4) is 0 Å². The Hall–Kier alpha value is -3.52. The second-order valence-electron chi connectivity index (χ2n) is 8.97. The highest BCUT2D eigenvalue weighted by molar-refractivity contribution is 5.80. The van der Waals surface area contributed by atoms with Gasteiger partial charge in [-0.15, -0.1) is 5.10 Å². The van der Waals surface area contributed by atoms with Crippen molar-refractivity contribution < 1.29 is 4.74 Å². The lowest BCUT2D eigenvalue weighted by molar-refractivity contribution is 0.0924.